The van der Waals surface area contributed by atoms with Crippen LogP contribution in [0.3, 0.4) is 0 Å². The standard InChI is InChI=1S/C23H27NO6/c1-15(2)23(17-8-9-19-20(12-17)28-11-10-27-19)24-21(25)13-30-22(26)14-29-18-7-5-4-6-16(18)3/h4-9,12,15,23H,10-11,13-14H2,1-3H3,(H,24,25)/t23-/m0/s1. The first kappa shape index (κ1) is 21.5. The first-order valence-electron chi connectivity index (χ1n) is 9.97. The van der Waals surface area contributed by atoms with Gasteiger partial charge in [-0.1, -0.05) is 38.1 Å². The molecule has 0 fully saturated rings. The van der Waals surface area contributed by atoms with Crippen molar-refractivity contribution in [2.24, 2.45) is 5.92 Å². The number of amides is 1. The van der Waals surface area contributed by atoms with E-state index in [0.717, 1.165) is 11.1 Å². The van der Waals surface area contributed by atoms with Crippen molar-refractivity contribution in [3.63, 3.8) is 0 Å². The van der Waals surface area contributed by atoms with Crippen LogP contribution in [0.2, 0.25) is 0 Å². The van der Waals surface area contributed by atoms with Crippen LogP contribution in [0, 0.1) is 12.8 Å². The first-order chi connectivity index (χ1) is 14.4. The van der Waals surface area contributed by atoms with Crippen LogP contribution in [0.25, 0.3) is 0 Å². The van der Waals surface area contributed by atoms with Gasteiger partial charge >= 0.3 is 5.97 Å². The molecule has 3 rings (SSSR count). The van der Waals surface area contributed by atoms with E-state index in [1.807, 2.05) is 57.2 Å². The highest BCUT2D eigenvalue weighted by Crippen LogP contribution is 2.34. The molecule has 1 heterocycles. The third-order valence-electron chi connectivity index (χ3n) is 4.71. The second-order valence-electron chi connectivity index (χ2n) is 7.41. The van der Waals surface area contributed by atoms with E-state index in [2.05, 4.69) is 5.32 Å². The monoisotopic (exact) mass is 413 g/mol. The molecule has 0 spiro atoms. The molecule has 0 aliphatic carbocycles. The summed E-state index contributed by atoms with van der Waals surface area (Å²) in [6, 6.07) is 12.7. The molecule has 30 heavy (non-hydrogen) atoms. The largest absolute Gasteiger partial charge is 0.486 e. The van der Waals surface area contributed by atoms with E-state index in [-0.39, 0.29) is 31.1 Å². The number of aryl methyl sites for hydroxylation is 1. The number of carbonyl (C=O) groups excluding carboxylic acids is 2. The number of esters is 1. The summed E-state index contributed by atoms with van der Waals surface area (Å²) < 4.78 is 21.7. The van der Waals surface area contributed by atoms with Gasteiger partial charge in [-0.15, -0.1) is 0 Å². The summed E-state index contributed by atoms with van der Waals surface area (Å²) in [7, 11) is 0. The zero-order valence-corrected chi connectivity index (χ0v) is 17.5. The van der Waals surface area contributed by atoms with Crippen LogP contribution in [0.15, 0.2) is 42.5 Å². The summed E-state index contributed by atoms with van der Waals surface area (Å²) in [4.78, 5) is 24.3. The molecule has 1 atom stereocenters. The van der Waals surface area contributed by atoms with Gasteiger partial charge in [0.25, 0.3) is 5.91 Å². The fraction of sp³-hybridized carbons (Fsp3) is 0.391. The van der Waals surface area contributed by atoms with Crippen molar-refractivity contribution in [3.05, 3.63) is 53.6 Å². The molecular formula is C23H27NO6. The highest BCUT2D eigenvalue weighted by Gasteiger charge is 2.22. The van der Waals surface area contributed by atoms with Gasteiger partial charge in [0.05, 0.1) is 6.04 Å². The molecule has 160 valence electrons. The van der Waals surface area contributed by atoms with Gasteiger partial charge in [0.1, 0.15) is 19.0 Å². The van der Waals surface area contributed by atoms with E-state index in [0.29, 0.717) is 30.5 Å². The number of rotatable bonds is 8. The zero-order chi connectivity index (χ0) is 21.5. The third-order valence-corrected chi connectivity index (χ3v) is 4.71. The lowest BCUT2D eigenvalue weighted by Gasteiger charge is -2.25. The predicted octanol–water partition coefficient (Wildman–Crippen LogP) is 3.20. The van der Waals surface area contributed by atoms with Crippen LogP contribution >= 0.6 is 0 Å². The predicted molar refractivity (Wildman–Crippen MR) is 111 cm³/mol. The van der Waals surface area contributed by atoms with E-state index in [1.165, 1.54) is 0 Å². The van der Waals surface area contributed by atoms with Crippen LogP contribution in [0.4, 0.5) is 0 Å². The van der Waals surface area contributed by atoms with Gasteiger partial charge in [-0.25, -0.2) is 4.79 Å². The summed E-state index contributed by atoms with van der Waals surface area (Å²) in [5.41, 5.74) is 1.82. The third kappa shape index (κ3) is 5.65. The second-order valence-corrected chi connectivity index (χ2v) is 7.41. The minimum atomic E-state index is -0.603. The Labute approximate surface area is 176 Å². The Kier molecular flexibility index (Phi) is 7.17. The average molecular weight is 413 g/mol. The number of carbonyl (C=O) groups is 2. The summed E-state index contributed by atoms with van der Waals surface area (Å²) in [6.07, 6.45) is 0. The first-order valence-corrected chi connectivity index (χ1v) is 9.97. The molecule has 0 saturated carbocycles. The molecule has 0 bridgehead atoms. The summed E-state index contributed by atoms with van der Waals surface area (Å²) in [6.45, 7) is 6.29. The number of para-hydroxylation sites is 1. The normalized spacial score (nSPS) is 13.5. The van der Waals surface area contributed by atoms with E-state index in [1.54, 1.807) is 6.07 Å². The van der Waals surface area contributed by atoms with Gasteiger partial charge in [0, 0.05) is 0 Å². The lowest BCUT2D eigenvalue weighted by Crippen LogP contribution is -2.35. The van der Waals surface area contributed by atoms with E-state index < -0.39 is 5.97 Å². The Morgan fingerprint density at radius 2 is 1.77 bits per heavy atom. The second kappa shape index (κ2) is 10.0. The van der Waals surface area contributed by atoms with Gasteiger partial charge < -0.3 is 24.3 Å². The maximum Gasteiger partial charge on any atom is 0.344 e. The van der Waals surface area contributed by atoms with E-state index in [9.17, 15) is 9.59 Å². The van der Waals surface area contributed by atoms with Crippen LogP contribution in [-0.4, -0.2) is 38.3 Å². The van der Waals surface area contributed by atoms with Crippen molar-refractivity contribution in [2.45, 2.75) is 26.8 Å². The van der Waals surface area contributed by atoms with Gasteiger partial charge in [-0.3, -0.25) is 4.79 Å². The summed E-state index contributed by atoms with van der Waals surface area (Å²) in [5, 5.41) is 2.92. The highest BCUT2D eigenvalue weighted by atomic mass is 16.6. The highest BCUT2D eigenvalue weighted by molar-refractivity contribution is 5.81. The molecule has 1 N–H and O–H groups in total. The maximum absolute atomic E-state index is 12.4. The Hall–Kier alpha value is -3.22. The lowest BCUT2D eigenvalue weighted by atomic mass is 9.95. The van der Waals surface area contributed by atoms with Gasteiger partial charge in [0.2, 0.25) is 0 Å². The Bertz CT molecular complexity index is 895. The number of fused-ring (bicyclic) bond motifs is 1. The van der Waals surface area contributed by atoms with Crippen molar-refractivity contribution in [1.29, 1.82) is 0 Å². The van der Waals surface area contributed by atoms with Crippen LogP contribution in [-0.2, 0) is 14.3 Å². The van der Waals surface area contributed by atoms with Crippen LogP contribution in [0.5, 0.6) is 17.2 Å². The Morgan fingerprint density at radius 3 is 2.50 bits per heavy atom. The number of hydrogen-bond acceptors (Lipinski definition) is 6. The van der Waals surface area contributed by atoms with Crippen LogP contribution < -0.4 is 19.5 Å². The van der Waals surface area contributed by atoms with Gasteiger partial charge in [0.15, 0.2) is 24.7 Å². The van der Waals surface area contributed by atoms with E-state index >= 15 is 0 Å². The number of benzene rings is 2. The molecule has 1 aliphatic heterocycles. The molecule has 0 saturated heterocycles. The van der Waals surface area contributed by atoms with E-state index in [4.69, 9.17) is 18.9 Å². The molecule has 1 aliphatic rings. The molecular weight excluding hydrogens is 386 g/mol. The quantitative estimate of drug-likeness (QED) is 0.669. The van der Waals surface area contributed by atoms with Crippen molar-refractivity contribution in [3.8, 4) is 17.2 Å². The minimum Gasteiger partial charge on any atom is -0.486 e. The number of nitrogens with one attached hydrogen (secondary N) is 1. The molecule has 0 unspecified atom stereocenters. The summed E-state index contributed by atoms with van der Waals surface area (Å²) in [5.74, 6) is 1.11. The maximum atomic E-state index is 12.4. The average Bonchev–Trinajstić information content (AvgIpc) is 2.75. The molecule has 0 aromatic heterocycles. The molecule has 2 aromatic rings. The molecule has 7 nitrogen and oxygen atoms in total. The molecule has 7 heteroatoms. The van der Waals surface area contributed by atoms with Crippen molar-refractivity contribution < 1.29 is 28.5 Å². The minimum absolute atomic E-state index is 0.122. The Morgan fingerprint density at radius 1 is 1.03 bits per heavy atom. The van der Waals surface area contributed by atoms with Crippen LogP contribution in [0.1, 0.15) is 31.0 Å². The van der Waals surface area contributed by atoms with Crippen molar-refractivity contribution in [2.75, 3.05) is 26.4 Å². The fourth-order valence-electron chi connectivity index (χ4n) is 3.15. The fourth-order valence-corrected chi connectivity index (χ4v) is 3.15. The topological polar surface area (TPSA) is 83.1 Å². The smallest absolute Gasteiger partial charge is 0.344 e. The molecule has 1 amide bonds. The SMILES string of the molecule is Cc1ccccc1OCC(=O)OCC(=O)N[C@H](c1ccc2c(c1)OCCO2)C(C)C. The molecule has 2 aromatic carbocycles. The zero-order valence-electron chi connectivity index (χ0n) is 17.5. The van der Waals surface area contributed by atoms with Crippen molar-refractivity contribution >= 4 is 11.9 Å². The van der Waals surface area contributed by atoms with Gasteiger partial charge in [-0.2, -0.15) is 0 Å². The molecule has 0 radical (unpaired) electrons. The number of ether oxygens (including phenoxy) is 4. The van der Waals surface area contributed by atoms with Crippen molar-refractivity contribution in [1.82, 2.24) is 5.32 Å². The number of hydrogen-bond donors (Lipinski definition) is 1. The van der Waals surface area contributed by atoms with Gasteiger partial charge in [-0.05, 0) is 42.2 Å². The Balaban J connectivity index is 1.52. The lowest BCUT2D eigenvalue weighted by molar-refractivity contribution is -0.150. The summed E-state index contributed by atoms with van der Waals surface area (Å²) >= 11 is 0.